The monoisotopic (exact) mass is 500 g/mol. The van der Waals surface area contributed by atoms with Crippen molar-refractivity contribution in [1.82, 2.24) is 0 Å². The number of nitrogens with one attached hydrogen (secondary N) is 1. The van der Waals surface area contributed by atoms with E-state index in [2.05, 4.69) is 20.1 Å². The van der Waals surface area contributed by atoms with E-state index in [4.69, 9.17) is 14.2 Å². The van der Waals surface area contributed by atoms with Crippen molar-refractivity contribution in [3.05, 3.63) is 59.7 Å². The average molecular weight is 500 g/mol. The molecule has 0 heterocycles. The first-order valence-corrected chi connectivity index (χ1v) is 10.8. The van der Waals surface area contributed by atoms with Gasteiger partial charge in [-0.2, -0.15) is 9.88 Å². The second-order valence-electron chi connectivity index (χ2n) is 6.89. The van der Waals surface area contributed by atoms with Gasteiger partial charge in [-0.05, 0) is 55.0 Å². The molecular weight excluding hydrogens is 476 g/mol. The molecule has 2 rings (SSSR count). The highest BCUT2D eigenvalue weighted by atomic mass is 17.2. The van der Waals surface area contributed by atoms with E-state index in [0.717, 1.165) is 0 Å². The quantitative estimate of drug-likeness (QED) is 0.0821. The summed E-state index contributed by atoms with van der Waals surface area (Å²) in [4.78, 5) is 69.7. The van der Waals surface area contributed by atoms with Gasteiger partial charge in [0.1, 0.15) is 26.4 Å². The first kappa shape index (κ1) is 27.7. The van der Waals surface area contributed by atoms with Gasteiger partial charge in [-0.1, -0.05) is 6.92 Å². The first-order valence-electron chi connectivity index (χ1n) is 10.8. The van der Waals surface area contributed by atoms with E-state index >= 15 is 0 Å². The highest BCUT2D eigenvalue weighted by molar-refractivity contribution is 5.91. The maximum Gasteiger partial charge on any atom is 0.411 e. The summed E-state index contributed by atoms with van der Waals surface area (Å²) < 4.78 is 15.0. The molecule has 0 fully saturated rings. The molecule has 1 amide bonds. The minimum absolute atomic E-state index is 0.119. The van der Waals surface area contributed by atoms with Crippen LogP contribution in [-0.4, -0.2) is 56.5 Å². The van der Waals surface area contributed by atoms with Crippen LogP contribution in [0.2, 0.25) is 0 Å². The number of amides is 1. The van der Waals surface area contributed by atoms with E-state index in [-0.39, 0.29) is 44.0 Å². The molecular formula is C24H24N2O10. The van der Waals surface area contributed by atoms with Crippen molar-refractivity contribution in [2.24, 2.45) is 4.99 Å². The molecule has 1 N–H and O–H groups in total. The Balaban J connectivity index is 1.65. The van der Waals surface area contributed by atoms with Crippen LogP contribution >= 0.6 is 0 Å². The second kappa shape index (κ2) is 15.4. The highest BCUT2D eigenvalue weighted by Crippen LogP contribution is 2.13. The number of carbonyl (C=O) groups excluding carboxylic acids is 5. The van der Waals surface area contributed by atoms with E-state index in [1.807, 2.05) is 6.92 Å². The normalized spacial score (nSPS) is 9.92. The Morgan fingerprint density at radius 2 is 1.36 bits per heavy atom. The van der Waals surface area contributed by atoms with Crippen LogP contribution in [0.5, 0.6) is 0 Å². The number of anilines is 1. The summed E-state index contributed by atoms with van der Waals surface area (Å²) >= 11 is 0. The van der Waals surface area contributed by atoms with Gasteiger partial charge in [0.2, 0.25) is 6.08 Å². The SMILES string of the molecule is CCCC(=O)OOCCOC(=O)Nc1ccc(C(=O)OCCOC(=O)c2ccc(N=C=O)cc2)cc1. The van der Waals surface area contributed by atoms with Crippen molar-refractivity contribution in [2.75, 3.05) is 31.7 Å². The van der Waals surface area contributed by atoms with Crippen LogP contribution in [-0.2, 0) is 33.6 Å². The van der Waals surface area contributed by atoms with Gasteiger partial charge in [0.15, 0.2) is 0 Å². The third-order valence-corrected chi connectivity index (χ3v) is 4.20. The molecule has 0 atom stereocenters. The number of nitrogens with zero attached hydrogens (tertiary/aromatic N) is 1. The molecule has 36 heavy (non-hydrogen) atoms. The fraction of sp³-hybridized carbons (Fsp3) is 0.292. The van der Waals surface area contributed by atoms with Gasteiger partial charge in [-0.25, -0.2) is 24.0 Å². The van der Waals surface area contributed by atoms with E-state index in [1.165, 1.54) is 54.6 Å². The lowest BCUT2D eigenvalue weighted by Crippen LogP contribution is -2.17. The summed E-state index contributed by atoms with van der Waals surface area (Å²) in [5, 5.41) is 2.46. The summed E-state index contributed by atoms with van der Waals surface area (Å²) in [6.45, 7) is 1.24. The van der Waals surface area contributed by atoms with E-state index in [0.29, 0.717) is 17.8 Å². The van der Waals surface area contributed by atoms with Crippen molar-refractivity contribution < 1.29 is 48.0 Å². The number of hydrogen-bond acceptors (Lipinski definition) is 11. The molecule has 0 aliphatic rings. The van der Waals surface area contributed by atoms with Crippen LogP contribution < -0.4 is 5.32 Å². The van der Waals surface area contributed by atoms with Crippen molar-refractivity contribution >= 4 is 41.5 Å². The van der Waals surface area contributed by atoms with Crippen molar-refractivity contribution in [3.8, 4) is 0 Å². The van der Waals surface area contributed by atoms with Crippen molar-refractivity contribution in [2.45, 2.75) is 19.8 Å². The fourth-order valence-electron chi connectivity index (χ4n) is 2.53. The largest absolute Gasteiger partial charge is 0.458 e. The maximum atomic E-state index is 12.1. The van der Waals surface area contributed by atoms with Crippen LogP contribution in [0.1, 0.15) is 40.5 Å². The lowest BCUT2D eigenvalue weighted by molar-refractivity contribution is -0.274. The number of esters is 2. The Labute approximate surface area is 206 Å². The van der Waals surface area contributed by atoms with Crippen LogP contribution in [0.15, 0.2) is 53.5 Å². The Bertz CT molecular complexity index is 1080. The standard InChI is InChI=1S/C24H24N2O10/c1-2-3-21(28)36-35-15-14-34-24(31)26-20-10-6-18(7-11-20)23(30)33-13-12-32-22(29)17-4-8-19(9-5-17)25-16-27/h4-11H,2-3,12-15H2,1H3,(H,26,31). The Morgan fingerprint density at radius 1 is 0.806 bits per heavy atom. The Morgan fingerprint density at radius 3 is 1.92 bits per heavy atom. The molecule has 0 saturated heterocycles. The molecule has 2 aromatic carbocycles. The molecule has 0 spiro atoms. The summed E-state index contributed by atoms with van der Waals surface area (Å²) in [6, 6.07) is 11.6. The lowest BCUT2D eigenvalue weighted by Gasteiger charge is -2.09. The average Bonchev–Trinajstić information content (AvgIpc) is 2.87. The predicted molar refractivity (Wildman–Crippen MR) is 123 cm³/mol. The number of isocyanates is 1. The Hall–Kier alpha value is -4.54. The molecule has 2 aromatic rings. The Kier molecular flexibility index (Phi) is 11.8. The number of rotatable bonds is 13. The molecule has 0 radical (unpaired) electrons. The topological polar surface area (TPSA) is 156 Å². The number of hydrogen-bond donors (Lipinski definition) is 1. The molecule has 0 aromatic heterocycles. The molecule has 0 bridgehead atoms. The lowest BCUT2D eigenvalue weighted by atomic mass is 10.2. The second-order valence-corrected chi connectivity index (χ2v) is 6.89. The van der Waals surface area contributed by atoms with Crippen LogP contribution in [0.3, 0.4) is 0 Å². The van der Waals surface area contributed by atoms with Gasteiger partial charge >= 0.3 is 24.0 Å². The number of benzene rings is 2. The fourth-order valence-corrected chi connectivity index (χ4v) is 2.53. The van der Waals surface area contributed by atoms with E-state index in [1.54, 1.807) is 0 Å². The third kappa shape index (κ3) is 10.2. The zero-order valence-corrected chi connectivity index (χ0v) is 19.4. The van der Waals surface area contributed by atoms with Crippen molar-refractivity contribution in [1.29, 1.82) is 0 Å². The zero-order chi connectivity index (χ0) is 26.2. The van der Waals surface area contributed by atoms with Gasteiger partial charge < -0.3 is 14.2 Å². The molecule has 12 nitrogen and oxygen atoms in total. The number of carbonyl (C=O) groups is 4. The van der Waals surface area contributed by atoms with Crippen LogP contribution in [0.25, 0.3) is 0 Å². The van der Waals surface area contributed by atoms with Crippen LogP contribution in [0, 0.1) is 0 Å². The molecule has 0 saturated carbocycles. The molecule has 190 valence electrons. The summed E-state index contributed by atoms with van der Waals surface area (Å²) in [5.74, 6) is -1.78. The van der Waals surface area contributed by atoms with E-state index in [9.17, 15) is 24.0 Å². The zero-order valence-electron chi connectivity index (χ0n) is 19.4. The van der Waals surface area contributed by atoms with Gasteiger partial charge in [-0.3, -0.25) is 10.2 Å². The first-order chi connectivity index (χ1) is 17.4. The summed E-state index contributed by atoms with van der Waals surface area (Å²) in [5.41, 5.74) is 1.18. The molecule has 0 aliphatic carbocycles. The minimum atomic E-state index is -0.762. The van der Waals surface area contributed by atoms with Gasteiger partial charge in [0.05, 0.1) is 16.8 Å². The van der Waals surface area contributed by atoms with Crippen molar-refractivity contribution in [3.63, 3.8) is 0 Å². The number of aliphatic imine (C=N–C) groups is 1. The smallest absolute Gasteiger partial charge is 0.411 e. The molecule has 0 aliphatic heterocycles. The van der Waals surface area contributed by atoms with Gasteiger partial charge in [0, 0.05) is 12.1 Å². The summed E-state index contributed by atoms with van der Waals surface area (Å²) in [6.07, 6.45) is 1.49. The highest BCUT2D eigenvalue weighted by Gasteiger charge is 2.11. The minimum Gasteiger partial charge on any atom is -0.458 e. The third-order valence-electron chi connectivity index (χ3n) is 4.20. The van der Waals surface area contributed by atoms with E-state index < -0.39 is 24.0 Å². The molecule has 12 heteroatoms. The van der Waals surface area contributed by atoms with Gasteiger partial charge in [-0.15, -0.1) is 0 Å². The summed E-state index contributed by atoms with van der Waals surface area (Å²) in [7, 11) is 0. The maximum absolute atomic E-state index is 12.1. The van der Waals surface area contributed by atoms with Crippen LogP contribution in [0.4, 0.5) is 16.2 Å². The predicted octanol–water partition coefficient (Wildman–Crippen LogP) is 3.49. The number of ether oxygens (including phenoxy) is 3. The molecule has 0 unspecified atom stereocenters. The van der Waals surface area contributed by atoms with Gasteiger partial charge in [0.25, 0.3) is 0 Å².